The lowest BCUT2D eigenvalue weighted by molar-refractivity contribution is 0.475. The Morgan fingerprint density at radius 3 is 2.83 bits per heavy atom. The van der Waals surface area contributed by atoms with E-state index in [-0.39, 0.29) is 11.2 Å². The van der Waals surface area contributed by atoms with Gasteiger partial charge in [0.05, 0.1) is 11.9 Å². The second-order valence-corrected chi connectivity index (χ2v) is 4.69. The highest BCUT2D eigenvalue weighted by Crippen LogP contribution is 2.27. The van der Waals surface area contributed by atoms with Crippen LogP contribution in [-0.2, 0) is 4.79 Å². The minimum atomic E-state index is -0.283. The molecule has 18 heavy (non-hydrogen) atoms. The first kappa shape index (κ1) is 12.4. The van der Waals surface area contributed by atoms with E-state index in [1.165, 1.54) is 11.8 Å². The average Bonchev–Trinajstić information content (AvgIpc) is 2.72. The summed E-state index contributed by atoms with van der Waals surface area (Å²) in [5, 5.41) is 13.1. The van der Waals surface area contributed by atoms with Gasteiger partial charge in [-0.3, -0.25) is 10.4 Å². The number of nitrogens with zero attached hydrogens (tertiary/aromatic N) is 2. The third-order valence-corrected chi connectivity index (χ3v) is 3.30. The molecule has 1 aliphatic heterocycles. The predicted molar refractivity (Wildman–Crippen MR) is 72.5 cm³/mol. The maximum Gasteiger partial charge on any atom is 0.186 e. The SMILES string of the molecule is CC1=NC(NN=Cc2ccc(O)cc2)SC1=C=O. The smallest absolute Gasteiger partial charge is 0.186 e. The van der Waals surface area contributed by atoms with E-state index in [1.54, 1.807) is 37.4 Å². The van der Waals surface area contributed by atoms with Crippen LogP contribution in [0, 0.1) is 0 Å². The summed E-state index contributed by atoms with van der Waals surface area (Å²) in [6.07, 6.45) is 1.62. The first-order chi connectivity index (χ1) is 8.69. The third kappa shape index (κ3) is 3.00. The zero-order valence-electron chi connectivity index (χ0n) is 9.62. The summed E-state index contributed by atoms with van der Waals surface area (Å²) >= 11 is 1.28. The maximum atomic E-state index is 10.5. The average molecular weight is 261 g/mol. The molecule has 0 fully saturated rings. The van der Waals surface area contributed by atoms with Crippen molar-refractivity contribution in [1.29, 1.82) is 0 Å². The number of thioether (sulfide) groups is 1. The minimum absolute atomic E-state index is 0.215. The van der Waals surface area contributed by atoms with Gasteiger partial charge in [0.15, 0.2) is 5.50 Å². The summed E-state index contributed by atoms with van der Waals surface area (Å²) in [7, 11) is 0. The van der Waals surface area contributed by atoms with Gasteiger partial charge in [0.1, 0.15) is 16.6 Å². The minimum Gasteiger partial charge on any atom is -0.508 e. The van der Waals surface area contributed by atoms with Crippen molar-refractivity contribution >= 4 is 29.6 Å². The van der Waals surface area contributed by atoms with Gasteiger partial charge in [-0.25, -0.2) is 4.79 Å². The lowest BCUT2D eigenvalue weighted by atomic mass is 10.2. The van der Waals surface area contributed by atoms with E-state index in [0.29, 0.717) is 10.6 Å². The summed E-state index contributed by atoms with van der Waals surface area (Å²) in [5.74, 6) is 2.05. The van der Waals surface area contributed by atoms with Crippen LogP contribution >= 0.6 is 11.8 Å². The Hall–Kier alpha value is -2.04. The number of hydrogen-bond acceptors (Lipinski definition) is 6. The highest BCUT2D eigenvalue weighted by Gasteiger charge is 2.20. The Balaban J connectivity index is 1.93. The number of phenolic OH excluding ortho intramolecular Hbond substituents is 1. The molecular weight excluding hydrogens is 250 g/mol. The summed E-state index contributed by atoms with van der Waals surface area (Å²) in [6.45, 7) is 1.76. The van der Waals surface area contributed by atoms with Crippen LogP contribution in [0.2, 0.25) is 0 Å². The summed E-state index contributed by atoms with van der Waals surface area (Å²) in [4.78, 5) is 15.2. The van der Waals surface area contributed by atoms with Gasteiger partial charge in [-0.2, -0.15) is 5.10 Å². The highest BCUT2D eigenvalue weighted by atomic mass is 32.2. The number of hydrogen-bond donors (Lipinski definition) is 2. The molecule has 0 spiro atoms. The number of allylic oxidation sites excluding steroid dienone is 1. The Morgan fingerprint density at radius 2 is 2.22 bits per heavy atom. The normalized spacial score (nSPS) is 18.8. The molecule has 0 aliphatic carbocycles. The van der Waals surface area contributed by atoms with Crippen LogP contribution in [0.5, 0.6) is 5.75 Å². The summed E-state index contributed by atoms with van der Waals surface area (Å²) < 4.78 is 0. The topological polar surface area (TPSA) is 74.1 Å². The molecule has 1 aliphatic rings. The van der Waals surface area contributed by atoms with Gasteiger partial charge in [-0.05, 0) is 36.8 Å². The summed E-state index contributed by atoms with van der Waals surface area (Å²) in [5.41, 5.74) is 4.07. The van der Waals surface area contributed by atoms with E-state index in [4.69, 9.17) is 5.11 Å². The monoisotopic (exact) mass is 261 g/mol. The number of carbonyl (C=O) groups excluding carboxylic acids is 1. The zero-order chi connectivity index (χ0) is 13.0. The number of hydrazone groups is 1. The fraction of sp³-hybridized carbons (Fsp3) is 0.167. The molecular formula is C12H11N3O2S. The molecule has 2 N–H and O–H groups in total. The van der Waals surface area contributed by atoms with Crippen LogP contribution in [0.25, 0.3) is 0 Å². The number of aliphatic imine (C=N–C) groups is 1. The molecule has 0 aromatic heterocycles. The van der Waals surface area contributed by atoms with Crippen molar-refractivity contribution in [3.8, 4) is 5.75 Å². The van der Waals surface area contributed by atoms with E-state index in [9.17, 15) is 4.79 Å². The van der Waals surface area contributed by atoms with Crippen LogP contribution in [-0.4, -0.2) is 28.5 Å². The number of aromatic hydroxyl groups is 1. The Morgan fingerprint density at radius 1 is 1.50 bits per heavy atom. The van der Waals surface area contributed by atoms with Gasteiger partial charge in [0.2, 0.25) is 0 Å². The Labute approximate surface area is 108 Å². The second kappa shape index (κ2) is 5.53. The zero-order valence-corrected chi connectivity index (χ0v) is 10.4. The first-order valence-corrected chi connectivity index (χ1v) is 6.11. The van der Waals surface area contributed by atoms with Crippen molar-refractivity contribution in [3.05, 3.63) is 34.7 Å². The molecule has 0 radical (unpaired) electrons. The van der Waals surface area contributed by atoms with E-state index < -0.39 is 0 Å². The fourth-order valence-corrected chi connectivity index (χ4v) is 2.17. The van der Waals surface area contributed by atoms with Gasteiger partial charge in [0.25, 0.3) is 0 Å². The van der Waals surface area contributed by atoms with E-state index in [0.717, 1.165) is 5.56 Å². The van der Waals surface area contributed by atoms with Crippen molar-refractivity contribution in [3.63, 3.8) is 0 Å². The van der Waals surface area contributed by atoms with Gasteiger partial charge in [-0.1, -0.05) is 11.8 Å². The molecule has 0 saturated carbocycles. The lowest BCUT2D eigenvalue weighted by Crippen LogP contribution is -2.15. The maximum absolute atomic E-state index is 10.5. The van der Waals surface area contributed by atoms with Crippen LogP contribution < -0.4 is 5.43 Å². The second-order valence-electron chi connectivity index (χ2n) is 3.59. The molecule has 1 unspecified atom stereocenters. The van der Waals surface area contributed by atoms with Crippen molar-refractivity contribution in [1.82, 2.24) is 5.43 Å². The van der Waals surface area contributed by atoms with Crippen molar-refractivity contribution in [2.24, 2.45) is 10.1 Å². The molecule has 1 heterocycles. The van der Waals surface area contributed by atoms with Gasteiger partial charge in [0, 0.05) is 0 Å². The van der Waals surface area contributed by atoms with Gasteiger partial charge in [-0.15, -0.1) is 0 Å². The van der Waals surface area contributed by atoms with Gasteiger partial charge >= 0.3 is 0 Å². The molecule has 6 heteroatoms. The van der Waals surface area contributed by atoms with Crippen LogP contribution in [0.4, 0.5) is 0 Å². The quantitative estimate of drug-likeness (QED) is 0.491. The van der Waals surface area contributed by atoms with Crippen LogP contribution in [0.3, 0.4) is 0 Å². The lowest BCUT2D eigenvalue weighted by Gasteiger charge is -2.03. The molecule has 1 atom stereocenters. The molecule has 1 aromatic rings. The van der Waals surface area contributed by atoms with E-state index in [1.807, 2.05) is 5.94 Å². The molecule has 5 nitrogen and oxygen atoms in total. The largest absolute Gasteiger partial charge is 0.508 e. The van der Waals surface area contributed by atoms with Crippen molar-refractivity contribution < 1.29 is 9.90 Å². The number of rotatable bonds is 3. The number of phenols is 1. The Bertz CT molecular complexity index is 545. The van der Waals surface area contributed by atoms with Crippen molar-refractivity contribution in [2.45, 2.75) is 12.4 Å². The van der Waals surface area contributed by atoms with E-state index in [2.05, 4.69) is 15.5 Å². The summed E-state index contributed by atoms with van der Waals surface area (Å²) in [6, 6.07) is 6.66. The molecule has 2 rings (SSSR count). The molecule has 0 saturated heterocycles. The number of nitrogens with one attached hydrogen (secondary N) is 1. The van der Waals surface area contributed by atoms with Crippen LogP contribution in [0.1, 0.15) is 12.5 Å². The number of benzene rings is 1. The first-order valence-electron chi connectivity index (χ1n) is 5.23. The fourth-order valence-electron chi connectivity index (χ4n) is 1.35. The standard InChI is InChI=1S/C12H11N3O2S/c1-8-11(7-16)18-12(14-8)15-13-6-9-2-4-10(17)5-3-9/h2-6,12,15,17H,1H3. The highest BCUT2D eigenvalue weighted by molar-refractivity contribution is 8.05. The third-order valence-electron chi connectivity index (χ3n) is 2.25. The van der Waals surface area contributed by atoms with E-state index >= 15 is 0 Å². The van der Waals surface area contributed by atoms with Crippen molar-refractivity contribution in [2.75, 3.05) is 0 Å². The molecule has 1 aromatic carbocycles. The van der Waals surface area contributed by atoms with Gasteiger partial charge < -0.3 is 5.11 Å². The molecule has 0 bridgehead atoms. The Kier molecular flexibility index (Phi) is 3.82. The molecule has 0 amide bonds. The molecule has 92 valence electrons. The predicted octanol–water partition coefficient (Wildman–Crippen LogP) is 1.52. The van der Waals surface area contributed by atoms with Crippen LogP contribution in [0.15, 0.2) is 39.3 Å².